The summed E-state index contributed by atoms with van der Waals surface area (Å²) in [5.74, 6) is 0.0222. The molecule has 0 fully saturated rings. The summed E-state index contributed by atoms with van der Waals surface area (Å²) in [6.45, 7) is 2.42. The summed E-state index contributed by atoms with van der Waals surface area (Å²) < 4.78 is 10.8. The van der Waals surface area contributed by atoms with Crippen LogP contribution in [0, 0.1) is 0 Å². The second-order valence-corrected chi connectivity index (χ2v) is 4.17. The summed E-state index contributed by atoms with van der Waals surface area (Å²) in [6, 6.07) is 8.24. The monoisotopic (exact) mass is 293 g/mol. The lowest BCUT2D eigenvalue weighted by Crippen LogP contribution is -2.00. The average Bonchev–Trinajstić information content (AvgIpc) is 2.42. The van der Waals surface area contributed by atoms with Crippen molar-refractivity contribution in [2.45, 2.75) is 6.92 Å². The summed E-state index contributed by atoms with van der Waals surface area (Å²) >= 11 is 5.96. The fourth-order valence-electron chi connectivity index (χ4n) is 1.57. The lowest BCUT2D eigenvalue weighted by molar-refractivity contribution is 0.0696. The predicted molar refractivity (Wildman–Crippen MR) is 73.9 cm³/mol. The number of carboxylic acid groups (broad SMARTS) is 1. The molecule has 104 valence electrons. The Bertz CT molecular complexity index is 630. The van der Waals surface area contributed by atoms with Crippen LogP contribution in [-0.4, -0.2) is 22.7 Å². The van der Waals surface area contributed by atoms with Crippen LogP contribution < -0.4 is 9.47 Å². The molecule has 0 atom stereocenters. The lowest BCUT2D eigenvalue weighted by atomic mass is 10.2. The number of rotatable bonds is 5. The van der Waals surface area contributed by atoms with Crippen LogP contribution in [-0.2, 0) is 0 Å². The van der Waals surface area contributed by atoms with E-state index in [9.17, 15) is 4.79 Å². The molecule has 1 aromatic carbocycles. The van der Waals surface area contributed by atoms with Gasteiger partial charge < -0.3 is 14.6 Å². The number of hydrogen-bond donors (Lipinski definition) is 1. The van der Waals surface area contributed by atoms with Crippen molar-refractivity contribution in [1.29, 1.82) is 0 Å². The Labute approximate surface area is 120 Å². The molecule has 0 radical (unpaired) electrons. The first-order valence-electron chi connectivity index (χ1n) is 5.90. The van der Waals surface area contributed by atoms with Gasteiger partial charge in [-0.15, -0.1) is 0 Å². The van der Waals surface area contributed by atoms with E-state index in [1.54, 1.807) is 24.3 Å². The smallest absolute Gasteiger partial charge is 0.337 e. The third-order valence-electron chi connectivity index (χ3n) is 2.42. The Morgan fingerprint density at radius 1 is 1.35 bits per heavy atom. The van der Waals surface area contributed by atoms with Crippen molar-refractivity contribution in [2.75, 3.05) is 6.61 Å². The number of aromatic nitrogens is 1. The van der Waals surface area contributed by atoms with Crippen LogP contribution >= 0.6 is 11.6 Å². The van der Waals surface area contributed by atoms with Crippen molar-refractivity contribution in [2.24, 2.45) is 0 Å². The third kappa shape index (κ3) is 3.19. The lowest BCUT2D eigenvalue weighted by Gasteiger charge is -2.09. The van der Waals surface area contributed by atoms with Crippen molar-refractivity contribution in [3.8, 4) is 17.4 Å². The van der Waals surface area contributed by atoms with Crippen LogP contribution in [0.2, 0.25) is 5.02 Å². The molecule has 2 rings (SSSR count). The minimum Gasteiger partial charge on any atom is -0.494 e. The van der Waals surface area contributed by atoms with E-state index in [2.05, 4.69) is 4.98 Å². The molecule has 2 aromatic rings. The van der Waals surface area contributed by atoms with Gasteiger partial charge in [-0.3, -0.25) is 0 Å². The Kier molecular flexibility index (Phi) is 4.42. The summed E-state index contributed by atoms with van der Waals surface area (Å²) in [5.41, 5.74) is -0.0578. The normalized spacial score (nSPS) is 10.1. The van der Waals surface area contributed by atoms with Gasteiger partial charge in [0, 0.05) is 12.3 Å². The Balaban J connectivity index is 2.28. The van der Waals surface area contributed by atoms with Crippen molar-refractivity contribution < 1.29 is 19.4 Å². The van der Waals surface area contributed by atoms with E-state index in [0.29, 0.717) is 18.1 Å². The van der Waals surface area contributed by atoms with E-state index < -0.39 is 5.97 Å². The summed E-state index contributed by atoms with van der Waals surface area (Å²) in [5, 5.41) is 8.94. The van der Waals surface area contributed by atoms with Crippen molar-refractivity contribution >= 4 is 17.6 Å². The predicted octanol–water partition coefficient (Wildman–Crippen LogP) is 3.62. The molecule has 0 unspecified atom stereocenters. The fraction of sp³-hybridized carbons (Fsp3) is 0.143. The quantitative estimate of drug-likeness (QED) is 0.911. The second-order valence-electron chi connectivity index (χ2n) is 3.79. The molecule has 6 heteroatoms. The molecular formula is C14H12ClNO4. The highest BCUT2D eigenvalue weighted by Crippen LogP contribution is 2.31. The maximum absolute atomic E-state index is 11.0. The molecule has 0 saturated heterocycles. The summed E-state index contributed by atoms with van der Waals surface area (Å²) in [6.07, 6.45) is 1.33. The van der Waals surface area contributed by atoms with Crippen molar-refractivity contribution in [1.82, 2.24) is 4.98 Å². The maximum atomic E-state index is 11.0. The molecule has 0 amide bonds. The van der Waals surface area contributed by atoms with Gasteiger partial charge >= 0.3 is 5.97 Å². The molecule has 0 saturated carbocycles. The SMILES string of the molecule is CCOc1cccc(Oc2nccc(C(=O)O)c2Cl)c1. The highest BCUT2D eigenvalue weighted by atomic mass is 35.5. The highest BCUT2D eigenvalue weighted by Gasteiger charge is 2.15. The first-order valence-corrected chi connectivity index (χ1v) is 6.28. The molecule has 0 aliphatic carbocycles. The van der Waals surface area contributed by atoms with Crippen LogP contribution in [0.15, 0.2) is 36.5 Å². The van der Waals surface area contributed by atoms with Gasteiger partial charge in [0.1, 0.15) is 16.5 Å². The minimum absolute atomic E-state index is 0.0400. The third-order valence-corrected chi connectivity index (χ3v) is 2.78. The van der Waals surface area contributed by atoms with Crippen LogP contribution in [0.4, 0.5) is 0 Å². The molecular weight excluding hydrogens is 282 g/mol. The summed E-state index contributed by atoms with van der Waals surface area (Å²) in [7, 11) is 0. The van der Waals surface area contributed by atoms with E-state index in [-0.39, 0.29) is 16.5 Å². The van der Waals surface area contributed by atoms with Crippen LogP contribution in [0.1, 0.15) is 17.3 Å². The highest BCUT2D eigenvalue weighted by molar-refractivity contribution is 6.34. The first-order chi connectivity index (χ1) is 9.61. The number of pyridine rings is 1. The molecule has 20 heavy (non-hydrogen) atoms. The maximum Gasteiger partial charge on any atom is 0.337 e. The van der Waals surface area contributed by atoms with Crippen LogP contribution in [0.3, 0.4) is 0 Å². The Hall–Kier alpha value is -2.27. The fourth-order valence-corrected chi connectivity index (χ4v) is 1.80. The van der Waals surface area contributed by atoms with E-state index in [1.165, 1.54) is 12.3 Å². The molecule has 1 N–H and O–H groups in total. The number of benzene rings is 1. The minimum atomic E-state index is -1.13. The summed E-state index contributed by atoms with van der Waals surface area (Å²) in [4.78, 5) is 14.9. The van der Waals surface area contributed by atoms with Gasteiger partial charge in [0.25, 0.3) is 0 Å². The number of hydrogen-bond acceptors (Lipinski definition) is 4. The van der Waals surface area contributed by atoms with Crippen LogP contribution in [0.25, 0.3) is 0 Å². The van der Waals surface area contributed by atoms with E-state index in [0.717, 1.165) is 0 Å². The topological polar surface area (TPSA) is 68.7 Å². The number of nitrogens with zero attached hydrogens (tertiary/aromatic N) is 1. The van der Waals surface area contributed by atoms with E-state index in [1.807, 2.05) is 6.92 Å². The number of aromatic carboxylic acids is 1. The van der Waals surface area contributed by atoms with Gasteiger partial charge in [-0.2, -0.15) is 0 Å². The molecule has 0 aliphatic heterocycles. The van der Waals surface area contributed by atoms with Gasteiger partial charge in [-0.1, -0.05) is 17.7 Å². The number of carbonyl (C=O) groups is 1. The number of carboxylic acids is 1. The molecule has 1 heterocycles. The molecule has 0 aliphatic rings. The molecule has 0 bridgehead atoms. The van der Waals surface area contributed by atoms with Gasteiger partial charge in [0.2, 0.25) is 5.88 Å². The van der Waals surface area contributed by atoms with Gasteiger partial charge in [0.05, 0.1) is 12.2 Å². The van der Waals surface area contributed by atoms with Gasteiger partial charge in [-0.25, -0.2) is 9.78 Å². The first kappa shape index (κ1) is 14.1. The number of halogens is 1. The Morgan fingerprint density at radius 2 is 2.10 bits per heavy atom. The molecule has 5 nitrogen and oxygen atoms in total. The number of ether oxygens (including phenoxy) is 2. The van der Waals surface area contributed by atoms with Crippen molar-refractivity contribution in [3.63, 3.8) is 0 Å². The molecule has 0 spiro atoms. The second kappa shape index (κ2) is 6.25. The largest absolute Gasteiger partial charge is 0.494 e. The zero-order chi connectivity index (χ0) is 14.5. The van der Waals surface area contributed by atoms with Gasteiger partial charge in [-0.05, 0) is 25.1 Å². The van der Waals surface area contributed by atoms with Gasteiger partial charge in [0.15, 0.2) is 0 Å². The van der Waals surface area contributed by atoms with Crippen LogP contribution in [0.5, 0.6) is 17.4 Å². The van der Waals surface area contributed by atoms with E-state index in [4.69, 9.17) is 26.2 Å². The zero-order valence-corrected chi connectivity index (χ0v) is 11.4. The molecule has 1 aromatic heterocycles. The zero-order valence-electron chi connectivity index (χ0n) is 10.7. The van der Waals surface area contributed by atoms with E-state index >= 15 is 0 Å². The Morgan fingerprint density at radius 3 is 2.80 bits per heavy atom. The average molecular weight is 294 g/mol. The standard InChI is InChI=1S/C14H12ClNO4/c1-2-19-9-4-3-5-10(8-9)20-13-12(15)11(14(17)18)6-7-16-13/h3-8H,2H2,1H3,(H,17,18). The van der Waals surface area contributed by atoms with Crippen molar-refractivity contribution in [3.05, 3.63) is 47.1 Å².